The summed E-state index contributed by atoms with van der Waals surface area (Å²) in [5.41, 5.74) is 1.57. The van der Waals surface area contributed by atoms with Gasteiger partial charge < -0.3 is 18.7 Å². The lowest BCUT2D eigenvalue weighted by molar-refractivity contribution is -0.153. The molecule has 1 amide bonds. The number of hydrogen-bond donors (Lipinski definition) is 0. The molecule has 1 aromatic carbocycles. The first-order valence-electron chi connectivity index (χ1n) is 9.20. The predicted octanol–water partition coefficient (Wildman–Crippen LogP) is 2.88. The number of ether oxygens (including phenoxy) is 2. The van der Waals surface area contributed by atoms with Gasteiger partial charge in [-0.25, -0.2) is 5.01 Å². The molecular formula is C21H22N2O6. The highest BCUT2D eigenvalue weighted by Crippen LogP contribution is 2.33. The van der Waals surface area contributed by atoms with Gasteiger partial charge in [0.25, 0.3) is 5.91 Å². The number of ketones is 1. The quantitative estimate of drug-likeness (QED) is 0.634. The second-order valence-electron chi connectivity index (χ2n) is 6.61. The van der Waals surface area contributed by atoms with Gasteiger partial charge in [0.05, 0.1) is 25.5 Å². The molecule has 1 atom stereocenters. The van der Waals surface area contributed by atoms with Crippen molar-refractivity contribution in [3.8, 4) is 5.75 Å². The average molecular weight is 398 g/mol. The molecular weight excluding hydrogens is 376 g/mol. The Balaban J connectivity index is 1.73. The highest BCUT2D eigenvalue weighted by molar-refractivity contribution is 6.03. The van der Waals surface area contributed by atoms with Crippen LogP contribution < -0.4 is 4.74 Å². The van der Waals surface area contributed by atoms with Crippen LogP contribution in [0.15, 0.2) is 52.2 Å². The minimum atomic E-state index is -0.596. The minimum absolute atomic E-state index is 0.0510. The van der Waals surface area contributed by atoms with E-state index in [9.17, 15) is 14.4 Å². The van der Waals surface area contributed by atoms with Crippen molar-refractivity contribution in [3.63, 3.8) is 0 Å². The first kappa shape index (κ1) is 20.3. The third-order valence-electron chi connectivity index (χ3n) is 4.50. The molecule has 1 aliphatic heterocycles. The molecule has 8 heteroatoms. The van der Waals surface area contributed by atoms with Gasteiger partial charge in [-0.2, -0.15) is 5.10 Å². The summed E-state index contributed by atoms with van der Waals surface area (Å²) in [5.74, 6) is 0.140. The van der Waals surface area contributed by atoms with E-state index in [0.717, 1.165) is 11.3 Å². The zero-order valence-corrected chi connectivity index (χ0v) is 16.3. The number of carbonyl (C=O) groups is 3. The summed E-state index contributed by atoms with van der Waals surface area (Å²) < 4.78 is 15.7. The summed E-state index contributed by atoms with van der Waals surface area (Å²) in [6.07, 6.45) is 2.03. The molecule has 8 nitrogen and oxygen atoms in total. The van der Waals surface area contributed by atoms with Gasteiger partial charge >= 0.3 is 5.97 Å². The van der Waals surface area contributed by atoms with Crippen molar-refractivity contribution in [3.05, 3.63) is 54.0 Å². The predicted molar refractivity (Wildman–Crippen MR) is 103 cm³/mol. The highest BCUT2D eigenvalue weighted by atomic mass is 16.5. The summed E-state index contributed by atoms with van der Waals surface area (Å²) in [6.45, 7) is 0.944. The van der Waals surface area contributed by atoms with E-state index in [1.165, 1.54) is 18.2 Å². The van der Waals surface area contributed by atoms with E-state index < -0.39 is 24.5 Å². The average Bonchev–Trinajstić information content (AvgIpc) is 3.40. The Morgan fingerprint density at radius 2 is 1.93 bits per heavy atom. The zero-order valence-electron chi connectivity index (χ0n) is 16.3. The first-order chi connectivity index (χ1) is 14.0. The van der Waals surface area contributed by atoms with Crippen LogP contribution in [0.1, 0.15) is 43.6 Å². The molecule has 1 aromatic heterocycles. The van der Waals surface area contributed by atoms with Crippen molar-refractivity contribution < 1.29 is 28.3 Å². The van der Waals surface area contributed by atoms with E-state index in [-0.39, 0.29) is 18.6 Å². The van der Waals surface area contributed by atoms with Crippen LogP contribution in [0.4, 0.5) is 0 Å². The number of carbonyl (C=O) groups excluding carboxylic acids is 3. The van der Waals surface area contributed by atoms with E-state index in [1.54, 1.807) is 19.2 Å². The van der Waals surface area contributed by atoms with Crippen molar-refractivity contribution in [2.45, 2.75) is 32.2 Å². The molecule has 152 valence electrons. The van der Waals surface area contributed by atoms with Crippen molar-refractivity contribution in [2.24, 2.45) is 5.10 Å². The number of esters is 1. The Morgan fingerprint density at radius 3 is 2.55 bits per heavy atom. The fourth-order valence-electron chi connectivity index (χ4n) is 2.96. The minimum Gasteiger partial charge on any atom is -0.497 e. The van der Waals surface area contributed by atoms with Crippen LogP contribution in [-0.2, 0) is 19.1 Å². The van der Waals surface area contributed by atoms with Crippen molar-refractivity contribution in [1.29, 1.82) is 0 Å². The molecule has 0 spiro atoms. The van der Waals surface area contributed by atoms with Crippen molar-refractivity contribution >= 4 is 23.4 Å². The maximum atomic E-state index is 12.7. The van der Waals surface area contributed by atoms with Gasteiger partial charge in [0.15, 0.2) is 6.61 Å². The summed E-state index contributed by atoms with van der Waals surface area (Å²) >= 11 is 0. The van der Waals surface area contributed by atoms with Gasteiger partial charge in [0.2, 0.25) is 0 Å². The van der Waals surface area contributed by atoms with E-state index >= 15 is 0 Å². The number of hydrogen-bond acceptors (Lipinski definition) is 7. The van der Waals surface area contributed by atoms with Gasteiger partial charge in [0.1, 0.15) is 23.3 Å². The van der Waals surface area contributed by atoms with E-state index in [0.29, 0.717) is 17.9 Å². The lowest BCUT2D eigenvalue weighted by Crippen LogP contribution is -2.31. The second kappa shape index (κ2) is 9.18. The van der Waals surface area contributed by atoms with Crippen LogP contribution >= 0.6 is 0 Å². The van der Waals surface area contributed by atoms with Gasteiger partial charge in [-0.05, 0) is 48.9 Å². The third kappa shape index (κ3) is 5.10. The maximum absolute atomic E-state index is 12.7. The molecule has 2 aromatic rings. The Labute approximate surface area is 168 Å². The Hall–Kier alpha value is -3.42. The molecule has 0 unspecified atom stereocenters. The van der Waals surface area contributed by atoms with Crippen LogP contribution in [-0.4, -0.2) is 42.1 Å². The molecule has 29 heavy (non-hydrogen) atoms. The summed E-state index contributed by atoms with van der Waals surface area (Å²) in [4.78, 5) is 35.4. The fourth-order valence-corrected chi connectivity index (χ4v) is 2.96. The first-order valence-corrected chi connectivity index (χ1v) is 9.20. The second-order valence-corrected chi connectivity index (χ2v) is 6.61. The van der Waals surface area contributed by atoms with E-state index in [1.807, 2.05) is 24.3 Å². The topological polar surface area (TPSA) is 98.4 Å². The van der Waals surface area contributed by atoms with Gasteiger partial charge in [-0.15, -0.1) is 0 Å². The summed E-state index contributed by atoms with van der Waals surface area (Å²) in [6, 6.07) is 10.5. The number of furan rings is 1. The summed E-state index contributed by atoms with van der Waals surface area (Å²) in [7, 11) is 1.59. The fraction of sp³-hybridized carbons (Fsp3) is 0.333. The largest absolute Gasteiger partial charge is 0.497 e. The van der Waals surface area contributed by atoms with Crippen LogP contribution in [0.2, 0.25) is 0 Å². The number of benzene rings is 1. The molecule has 0 saturated heterocycles. The van der Waals surface area contributed by atoms with Crippen molar-refractivity contribution in [2.75, 3.05) is 13.7 Å². The number of rotatable bonds is 8. The molecule has 0 aliphatic carbocycles. The standard InChI is InChI=1S/C21H22N2O6/c1-14(24)5-10-21(26)29-13-20(25)23-18(19-4-3-11-28-19)12-17(22-23)15-6-8-16(27-2)9-7-15/h3-4,6-9,11,18H,5,10,12-13H2,1-2H3/t18-/m1/s1. The Kier molecular flexibility index (Phi) is 6.43. The molecule has 0 N–H and O–H groups in total. The summed E-state index contributed by atoms with van der Waals surface area (Å²) in [5, 5.41) is 5.75. The normalized spacial score (nSPS) is 15.7. The maximum Gasteiger partial charge on any atom is 0.306 e. The molecule has 0 fully saturated rings. The van der Waals surface area contributed by atoms with Crippen molar-refractivity contribution in [1.82, 2.24) is 5.01 Å². The lowest BCUT2D eigenvalue weighted by atomic mass is 10.0. The number of Topliss-reactive ketones (excluding diaryl/α,β-unsaturated/α-hetero) is 1. The molecule has 0 saturated carbocycles. The molecule has 2 heterocycles. The molecule has 0 radical (unpaired) electrons. The monoisotopic (exact) mass is 398 g/mol. The third-order valence-corrected chi connectivity index (χ3v) is 4.50. The SMILES string of the molecule is COc1ccc(C2=NN(C(=O)COC(=O)CCC(C)=O)[C@@H](c3ccco3)C2)cc1. The van der Waals surface area contributed by atoms with Gasteiger partial charge in [0, 0.05) is 12.8 Å². The number of hydrazone groups is 1. The molecule has 3 rings (SSSR count). The van der Waals surface area contributed by atoms with Crippen LogP contribution in [0.25, 0.3) is 0 Å². The Bertz CT molecular complexity index is 902. The van der Waals surface area contributed by atoms with Gasteiger partial charge in [-0.3, -0.25) is 9.59 Å². The number of nitrogens with zero attached hydrogens (tertiary/aromatic N) is 2. The molecule has 1 aliphatic rings. The Morgan fingerprint density at radius 1 is 1.17 bits per heavy atom. The zero-order chi connectivity index (χ0) is 20.8. The van der Waals surface area contributed by atoms with Crippen LogP contribution in [0.3, 0.4) is 0 Å². The van der Waals surface area contributed by atoms with E-state index in [4.69, 9.17) is 13.9 Å². The van der Waals surface area contributed by atoms with Gasteiger partial charge in [-0.1, -0.05) is 0 Å². The number of amides is 1. The highest BCUT2D eigenvalue weighted by Gasteiger charge is 2.35. The lowest BCUT2D eigenvalue weighted by Gasteiger charge is -2.19. The van der Waals surface area contributed by atoms with Crippen LogP contribution in [0.5, 0.6) is 5.75 Å². The van der Waals surface area contributed by atoms with Crippen LogP contribution in [0, 0.1) is 0 Å². The number of methoxy groups -OCH3 is 1. The molecule has 0 bridgehead atoms. The smallest absolute Gasteiger partial charge is 0.306 e. The van der Waals surface area contributed by atoms with E-state index in [2.05, 4.69) is 5.10 Å².